The summed E-state index contributed by atoms with van der Waals surface area (Å²) in [6.07, 6.45) is 5.40. The Morgan fingerprint density at radius 1 is 1.23 bits per heavy atom. The Labute approximate surface area is 180 Å². The van der Waals surface area contributed by atoms with Crippen molar-refractivity contribution < 1.29 is 13.9 Å². The minimum Gasteiger partial charge on any atom is -0.384 e. The van der Waals surface area contributed by atoms with Crippen LogP contribution in [0.5, 0.6) is 0 Å². The molecule has 8 heteroatoms. The number of rotatable bonds is 7. The highest BCUT2D eigenvalue weighted by molar-refractivity contribution is 5.77. The summed E-state index contributed by atoms with van der Waals surface area (Å²) in [6.45, 7) is 1.05. The van der Waals surface area contributed by atoms with E-state index in [1.807, 2.05) is 23.1 Å². The van der Waals surface area contributed by atoms with Gasteiger partial charge in [0.1, 0.15) is 11.6 Å². The van der Waals surface area contributed by atoms with Crippen LogP contribution in [-0.2, 0) is 9.53 Å². The topological polar surface area (TPSA) is 80.2 Å². The molecule has 1 aliphatic rings. The molecular weight excluding hydrogens is 397 g/mol. The van der Waals surface area contributed by atoms with E-state index in [2.05, 4.69) is 10.3 Å². The molecule has 160 valence electrons. The molecule has 1 aromatic carbocycles. The van der Waals surface area contributed by atoms with Crippen molar-refractivity contribution in [3.63, 3.8) is 0 Å². The van der Waals surface area contributed by atoms with E-state index in [1.54, 1.807) is 31.6 Å². The summed E-state index contributed by atoms with van der Waals surface area (Å²) in [7, 11) is 1.58. The first-order valence-electron chi connectivity index (χ1n) is 10.2. The molecule has 0 spiro atoms. The van der Waals surface area contributed by atoms with Crippen molar-refractivity contribution in [1.29, 1.82) is 0 Å². The van der Waals surface area contributed by atoms with Gasteiger partial charge in [0.25, 0.3) is 0 Å². The molecule has 1 unspecified atom stereocenters. The average molecular weight is 421 g/mol. The number of nitrogens with one attached hydrogen (secondary N) is 1. The Balaban J connectivity index is 1.70. The van der Waals surface area contributed by atoms with Crippen LogP contribution in [0.4, 0.5) is 15.9 Å². The smallest absolute Gasteiger partial charge is 0.225 e. The zero-order chi connectivity index (χ0) is 21.6. The predicted octanol–water partition coefficient (Wildman–Crippen LogP) is 4.12. The molecule has 1 N–H and O–H groups in total. The van der Waals surface area contributed by atoms with Gasteiger partial charge in [0.2, 0.25) is 5.91 Å². The van der Waals surface area contributed by atoms with Gasteiger partial charge in [-0.25, -0.2) is 14.4 Å². The van der Waals surface area contributed by atoms with Gasteiger partial charge in [-0.3, -0.25) is 9.78 Å². The number of nitrogens with zero attached hydrogens (tertiary/aromatic N) is 4. The van der Waals surface area contributed by atoms with Crippen LogP contribution in [-0.4, -0.2) is 46.0 Å². The molecule has 1 fully saturated rings. The molecule has 3 heterocycles. The lowest BCUT2D eigenvalue weighted by atomic mass is 10.1. The van der Waals surface area contributed by atoms with Crippen LogP contribution >= 0.6 is 0 Å². The number of hydrogen-bond donors (Lipinski definition) is 1. The van der Waals surface area contributed by atoms with Crippen molar-refractivity contribution in [2.45, 2.75) is 25.3 Å². The molecule has 7 nitrogen and oxygen atoms in total. The molecule has 0 bridgehead atoms. The monoisotopic (exact) mass is 421 g/mol. The third kappa shape index (κ3) is 5.03. The molecule has 4 rings (SSSR count). The number of carbonyl (C=O) groups is 1. The lowest BCUT2D eigenvalue weighted by Crippen LogP contribution is -2.32. The predicted molar refractivity (Wildman–Crippen MR) is 115 cm³/mol. The average Bonchev–Trinajstić information content (AvgIpc) is 3.28. The van der Waals surface area contributed by atoms with Gasteiger partial charge in [-0.15, -0.1) is 0 Å². The summed E-state index contributed by atoms with van der Waals surface area (Å²) in [6, 6.07) is 11.5. The maximum absolute atomic E-state index is 13.6. The normalized spacial score (nSPS) is 15.8. The highest BCUT2D eigenvalue weighted by Gasteiger charge is 2.32. The lowest BCUT2D eigenvalue weighted by molar-refractivity contribution is -0.133. The number of anilines is 2. The lowest BCUT2D eigenvalue weighted by Gasteiger charge is -2.24. The quantitative estimate of drug-likeness (QED) is 0.618. The Morgan fingerprint density at radius 2 is 2.06 bits per heavy atom. The summed E-state index contributed by atoms with van der Waals surface area (Å²) in [4.78, 5) is 28.1. The van der Waals surface area contributed by atoms with E-state index >= 15 is 0 Å². The number of hydrogen-bond acceptors (Lipinski definition) is 6. The van der Waals surface area contributed by atoms with Crippen LogP contribution in [0.3, 0.4) is 0 Å². The minimum absolute atomic E-state index is 0.0295. The fourth-order valence-electron chi connectivity index (χ4n) is 3.73. The van der Waals surface area contributed by atoms with Gasteiger partial charge < -0.3 is 15.0 Å². The van der Waals surface area contributed by atoms with Crippen molar-refractivity contribution in [1.82, 2.24) is 19.9 Å². The molecule has 0 aliphatic carbocycles. The van der Waals surface area contributed by atoms with Gasteiger partial charge >= 0.3 is 0 Å². The summed E-state index contributed by atoms with van der Waals surface area (Å²) in [5, 5.41) is 3.17. The Kier molecular flexibility index (Phi) is 6.47. The van der Waals surface area contributed by atoms with Crippen molar-refractivity contribution in [3.8, 4) is 11.3 Å². The zero-order valence-electron chi connectivity index (χ0n) is 17.3. The molecular formula is C23H24FN5O2. The van der Waals surface area contributed by atoms with Crippen LogP contribution in [0.15, 0.2) is 54.9 Å². The summed E-state index contributed by atoms with van der Waals surface area (Å²) in [5.41, 5.74) is 2.18. The van der Waals surface area contributed by atoms with Gasteiger partial charge in [0, 0.05) is 43.4 Å². The molecule has 2 aromatic heterocycles. The summed E-state index contributed by atoms with van der Waals surface area (Å²) < 4.78 is 18.7. The first-order valence-corrected chi connectivity index (χ1v) is 10.2. The van der Waals surface area contributed by atoms with E-state index in [0.29, 0.717) is 42.6 Å². The van der Waals surface area contributed by atoms with Gasteiger partial charge in [-0.1, -0.05) is 6.07 Å². The van der Waals surface area contributed by atoms with Gasteiger partial charge in [-0.2, -0.15) is 0 Å². The number of methoxy groups -OCH3 is 1. The standard InChI is InChI=1S/C23H24FN5O2/c1-31-13-9-22(30)29-12-3-6-20(29)23-27-19(16-7-10-25-11-8-16)15-21(28-23)26-18-5-2-4-17(24)14-18/h2,4-5,7-8,10-11,14-15,20H,3,6,9,12-13H2,1H3,(H,26,27,28). The van der Waals surface area contributed by atoms with Gasteiger partial charge in [0.05, 0.1) is 24.8 Å². The van der Waals surface area contributed by atoms with Crippen molar-refractivity contribution in [2.24, 2.45) is 0 Å². The minimum atomic E-state index is -0.334. The number of amides is 1. The number of likely N-dealkylation sites (tertiary alicyclic amines) is 1. The molecule has 3 aromatic rings. The van der Waals surface area contributed by atoms with E-state index in [4.69, 9.17) is 14.7 Å². The van der Waals surface area contributed by atoms with E-state index in [1.165, 1.54) is 12.1 Å². The Hall–Kier alpha value is -3.39. The fourth-order valence-corrected chi connectivity index (χ4v) is 3.73. The molecule has 1 amide bonds. The van der Waals surface area contributed by atoms with Gasteiger partial charge in [-0.05, 0) is 43.2 Å². The van der Waals surface area contributed by atoms with Crippen LogP contribution in [0.25, 0.3) is 11.3 Å². The van der Waals surface area contributed by atoms with E-state index in [-0.39, 0.29) is 17.8 Å². The van der Waals surface area contributed by atoms with E-state index in [0.717, 1.165) is 18.4 Å². The number of halogens is 1. The van der Waals surface area contributed by atoms with E-state index < -0.39 is 0 Å². The molecule has 1 atom stereocenters. The highest BCUT2D eigenvalue weighted by atomic mass is 19.1. The first kappa shape index (κ1) is 20.9. The highest BCUT2D eigenvalue weighted by Crippen LogP contribution is 2.33. The van der Waals surface area contributed by atoms with Crippen molar-refractivity contribution >= 4 is 17.4 Å². The molecule has 0 saturated carbocycles. The SMILES string of the molecule is COCCC(=O)N1CCCC1c1nc(Nc2cccc(F)c2)cc(-c2ccncc2)n1. The number of ether oxygens (including phenoxy) is 1. The first-order chi connectivity index (χ1) is 15.1. The number of pyridine rings is 1. The van der Waals surface area contributed by atoms with Crippen molar-refractivity contribution in [3.05, 3.63) is 66.5 Å². The molecule has 1 saturated heterocycles. The summed E-state index contributed by atoms with van der Waals surface area (Å²) >= 11 is 0. The van der Waals surface area contributed by atoms with Crippen LogP contribution in [0, 0.1) is 5.82 Å². The number of carbonyl (C=O) groups excluding carboxylic acids is 1. The molecule has 31 heavy (non-hydrogen) atoms. The number of aromatic nitrogens is 3. The third-order valence-corrected chi connectivity index (χ3v) is 5.21. The van der Waals surface area contributed by atoms with Crippen molar-refractivity contribution in [2.75, 3.05) is 25.6 Å². The molecule has 0 radical (unpaired) electrons. The third-order valence-electron chi connectivity index (χ3n) is 5.21. The van der Waals surface area contributed by atoms with Crippen LogP contribution < -0.4 is 5.32 Å². The Morgan fingerprint density at radius 3 is 2.84 bits per heavy atom. The fraction of sp³-hybridized carbons (Fsp3) is 0.304. The number of benzene rings is 1. The largest absolute Gasteiger partial charge is 0.384 e. The van der Waals surface area contributed by atoms with Gasteiger partial charge in [0.15, 0.2) is 5.82 Å². The Bertz CT molecular complexity index is 1050. The zero-order valence-corrected chi connectivity index (χ0v) is 17.3. The molecule has 1 aliphatic heterocycles. The van der Waals surface area contributed by atoms with Crippen LogP contribution in [0.2, 0.25) is 0 Å². The maximum Gasteiger partial charge on any atom is 0.225 e. The second-order valence-electron chi connectivity index (χ2n) is 7.36. The second kappa shape index (κ2) is 9.61. The second-order valence-corrected chi connectivity index (χ2v) is 7.36. The summed E-state index contributed by atoms with van der Waals surface area (Å²) in [5.74, 6) is 0.802. The maximum atomic E-state index is 13.6. The van der Waals surface area contributed by atoms with Crippen LogP contribution in [0.1, 0.15) is 31.1 Å². The van der Waals surface area contributed by atoms with E-state index in [9.17, 15) is 9.18 Å².